The van der Waals surface area contributed by atoms with Crippen LogP contribution in [0.1, 0.15) is 22.5 Å². The smallest absolute Gasteiger partial charge is 0.264 e. The van der Waals surface area contributed by atoms with Crippen LogP contribution in [0.25, 0.3) is 0 Å². The molecule has 0 aliphatic carbocycles. The van der Waals surface area contributed by atoms with Crippen LogP contribution < -0.4 is 4.90 Å². The fourth-order valence-electron chi connectivity index (χ4n) is 3.48. The van der Waals surface area contributed by atoms with Crippen molar-refractivity contribution in [2.24, 2.45) is 0 Å². The number of aromatic nitrogens is 1. The summed E-state index contributed by atoms with van der Waals surface area (Å²) >= 11 is 1.46. The molecule has 7 nitrogen and oxygen atoms in total. The van der Waals surface area contributed by atoms with Gasteiger partial charge in [-0.25, -0.2) is 13.4 Å². The van der Waals surface area contributed by atoms with E-state index >= 15 is 0 Å². The minimum Gasteiger partial charge on any atom is -0.353 e. The van der Waals surface area contributed by atoms with E-state index in [0.717, 1.165) is 23.5 Å². The zero-order valence-electron chi connectivity index (χ0n) is 15.0. The van der Waals surface area contributed by atoms with E-state index in [1.54, 1.807) is 12.1 Å². The number of amides is 1. The van der Waals surface area contributed by atoms with E-state index < -0.39 is 10.0 Å². The topological polar surface area (TPSA) is 73.8 Å². The van der Waals surface area contributed by atoms with Gasteiger partial charge in [0.15, 0.2) is 0 Å². The molecule has 0 radical (unpaired) electrons. The molecule has 2 aliphatic heterocycles. The second kappa shape index (κ2) is 7.57. The van der Waals surface area contributed by atoms with Crippen LogP contribution in [-0.4, -0.2) is 67.8 Å². The lowest BCUT2D eigenvalue weighted by atomic mass is 10.3. The molecule has 2 aliphatic rings. The van der Waals surface area contributed by atoms with Gasteiger partial charge in [0.25, 0.3) is 5.91 Å². The Labute approximate surface area is 163 Å². The van der Waals surface area contributed by atoms with Gasteiger partial charge in [-0.1, -0.05) is 6.07 Å². The Balaban J connectivity index is 1.40. The van der Waals surface area contributed by atoms with E-state index in [1.165, 1.54) is 21.8 Å². The van der Waals surface area contributed by atoms with Crippen molar-refractivity contribution in [2.45, 2.75) is 17.7 Å². The molecule has 0 aromatic carbocycles. The summed E-state index contributed by atoms with van der Waals surface area (Å²) in [5.74, 6) is 0.822. The van der Waals surface area contributed by atoms with E-state index in [0.29, 0.717) is 39.3 Å². The Morgan fingerprint density at radius 3 is 2.33 bits per heavy atom. The predicted octanol–water partition coefficient (Wildman–Crippen LogP) is 1.89. The summed E-state index contributed by atoms with van der Waals surface area (Å²) in [5, 5.41) is 1.91. The van der Waals surface area contributed by atoms with Crippen molar-refractivity contribution in [3.63, 3.8) is 0 Å². The van der Waals surface area contributed by atoms with Crippen LogP contribution in [0.15, 0.2) is 40.7 Å². The van der Waals surface area contributed by atoms with Gasteiger partial charge in [0, 0.05) is 45.5 Å². The molecule has 2 aromatic rings. The maximum Gasteiger partial charge on any atom is 0.264 e. The van der Waals surface area contributed by atoms with E-state index in [9.17, 15) is 13.2 Å². The minimum atomic E-state index is -3.43. The van der Waals surface area contributed by atoms with Crippen LogP contribution in [0.5, 0.6) is 0 Å². The zero-order valence-corrected chi connectivity index (χ0v) is 16.6. The van der Waals surface area contributed by atoms with Gasteiger partial charge in [-0.05, 0) is 36.4 Å². The average molecular weight is 407 g/mol. The van der Waals surface area contributed by atoms with Crippen LogP contribution in [0.4, 0.5) is 5.82 Å². The first-order chi connectivity index (χ1) is 13.1. The standard InChI is InChI=1S/C18H22N4O3S2/c23-18(16-4-3-13-26-16)21-11-9-20(10-12-21)17-6-5-15(14-19-17)27(24,25)22-7-1-2-8-22/h3-6,13-14H,1-2,7-12H2. The number of hydrogen-bond donors (Lipinski definition) is 0. The molecule has 144 valence electrons. The number of thiophene rings is 1. The number of pyridine rings is 1. The molecule has 27 heavy (non-hydrogen) atoms. The molecule has 0 spiro atoms. The lowest BCUT2D eigenvalue weighted by molar-refractivity contribution is 0.0751. The number of anilines is 1. The second-order valence-corrected chi connectivity index (χ2v) is 9.61. The molecule has 2 saturated heterocycles. The van der Waals surface area contributed by atoms with Crippen LogP contribution in [0, 0.1) is 0 Å². The summed E-state index contributed by atoms with van der Waals surface area (Å²) < 4.78 is 26.7. The van der Waals surface area contributed by atoms with E-state index in [1.807, 2.05) is 22.4 Å². The van der Waals surface area contributed by atoms with Crippen LogP contribution in [-0.2, 0) is 10.0 Å². The first-order valence-corrected chi connectivity index (χ1v) is 11.4. The summed E-state index contributed by atoms with van der Waals surface area (Å²) in [6, 6.07) is 7.13. The second-order valence-electron chi connectivity index (χ2n) is 6.72. The Bertz CT molecular complexity index is 883. The van der Waals surface area contributed by atoms with Crippen molar-refractivity contribution >= 4 is 33.1 Å². The molecule has 2 aromatic heterocycles. The van der Waals surface area contributed by atoms with Gasteiger partial charge in [0.1, 0.15) is 10.7 Å². The third kappa shape index (κ3) is 3.71. The Morgan fingerprint density at radius 1 is 1.00 bits per heavy atom. The highest BCUT2D eigenvalue weighted by Crippen LogP contribution is 2.23. The number of carbonyl (C=O) groups excluding carboxylic acids is 1. The lowest BCUT2D eigenvalue weighted by Gasteiger charge is -2.35. The van der Waals surface area contributed by atoms with Crippen molar-refractivity contribution in [3.8, 4) is 0 Å². The van der Waals surface area contributed by atoms with Crippen molar-refractivity contribution in [3.05, 3.63) is 40.7 Å². The van der Waals surface area contributed by atoms with Crippen molar-refractivity contribution < 1.29 is 13.2 Å². The molecule has 4 rings (SSSR count). The van der Waals surface area contributed by atoms with Crippen LogP contribution in [0.2, 0.25) is 0 Å². The summed E-state index contributed by atoms with van der Waals surface area (Å²) in [7, 11) is -3.43. The number of carbonyl (C=O) groups is 1. The fourth-order valence-corrected chi connectivity index (χ4v) is 5.64. The third-order valence-electron chi connectivity index (χ3n) is 5.05. The molecule has 0 atom stereocenters. The fraction of sp³-hybridized carbons (Fsp3) is 0.444. The van der Waals surface area contributed by atoms with Gasteiger partial charge in [-0.2, -0.15) is 4.31 Å². The Kier molecular flexibility index (Phi) is 5.16. The first-order valence-electron chi connectivity index (χ1n) is 9.10. The average Bonchev–Trinajstić information content (AvgIpc) is 3.42. The summed E-state index contributed by atoms with van der Waals surface area (Å²) in [5.41, 5.74) is 0. The van der Waals surface area contributed by atoms with Crippen LogP contribution in [0.3, 0.4) is 0 Å². The zero-order chi connectivity index (χ0) is 18.9. The van der Waals surface area contributed by atoms with E-state index in [4.69, 9.17) is 0 Å². The predicted molar refractivity (Wildman–Crippen MR) is 105 cm³/mol. The molecule has 9 heteroatoms. The molecule has 0 saturated carbocycles. The first kappa shape index (κ1) is 18.4. The van der Waals surface area contributed by atoms with Gasteiger partial charge in [0.2, 0.25) is 10.0 Å². The molecular weight excluding hydrogens is 384 g/mol. The van der Waals surface area contributed by atoms with Crippen molar-refractivity contribution in [2.75, 3.05) is 44.2 Å². The summed E-state index contributed by atoms with van der Waals surface area (Å²) in [6.07, 6.45) is 3.28. The molecule has 0 bridgehead atoms. The third-order valence-corrected chi connectivity index (χ3v) is 7.79. The molecule has 0 N–H and O–H groups in total. The van der Waals surface area contributed by atoms with Crippen molar-refractivity contribution in [1.29, 1.82) is 0 Å². The van der Waals surface area contributed by atoms with Crippen molar-refractivity contribution in [1.82, 2.24) is 14.2 Å². The van der Waals surface area contributed by atoms with Gasteiger partial charge < -0.3 is 9.80 Å². The number of rotatable bonds is 4. The largest absolute Gasteiger partial charge is 0.353 e. The Hall–Kier alpha value is -1.97. The number of piperazine rings is 1. The normalized spacial score (nSPS) is 18.8. The quantitative estimate of drug-likeness (QED) is 0.775. The highest BCUT2D eigenvalue weighted by Gasteiger charge is 2.28. The van der Waals surface area contributed by atoms with E-state index in [-0.39, 0.29) is 10.8 Å². The number of nitrogens with zero attached hydrogens (tertiary/aromatic N) is 4. The van der Waals surface area contributed by atoms with E-state index in [2.05, 4.69) is 9.88 Å². The molecular formula is C18H22N4O3S2. The van der Waals surface area contributed by atoms with Gasteiger partial charge >= 0.3 is 0 Å². The SMILES string of the molecule is O=C(c1cccs1)N1CCN(c2ccc(S(=O)(=O)N3CCCC3)cn2)CC1. The molecule has 2 fully saturated rings. The lowest BCUT2D eigenvalue weighted by Crippen LogP contribution is -2.48. The van der Waals surface area contributed by atoms with Crippen LogP contribution >= 0.6 is 11.3 Å². The maximum atomic E-state index is 12.6. The molecule has 4 heterocycles. The summed E-state index contributed by atoms with van der Waals surface area (Å²) in [6.45, 7) is 3.80. The highest BCUT2D eigenvalue weighted by atomic mass is 32.2. The summed E-state index contributed by atoms with van der Waals surface area (Å²) in [4.78, 5) is 21.7. The minimum absolute atomic E-state index is 0.0738. The molecule has 1 amide bonds. The number of sulfonamides is 1. The maximum absolute atomic E-state index is 12.6. The monoisotopic (exact) mass is 406 g/mol. The highest BCUT2D eigenvalue weighted by molar-refractivity contribution is 7.89. The number of hydrogen-bond acceptors (Lipinski definition) is 6. The molecule has 0 unspecified atom stereocenters. The van der Waals surface area contributed by atoms with Gasteiger partial charge in [-0.3, -0.25) is 4.79 Å². The Morgan fingerprint density at radius 2 is 1.74 bits per heavy atom. The van der Waals surface area contributed by atoms with Gasteiger partial charge in [0.05, 0.1) is 4.88 Å². The van der Waals surface area contributed by atoms with Gasteiger partial charge in [-0.15, -0.1) is 11.3 Å².